The molecule has 1 aromatic heterocycles. The maximum absolute atomic E-state index is 11.8. The van der Waals surface area contributed by atoms with Crippen molar-refractivity contribution in [2.24, 2.45) is 7.05 Å². The number of rotatable bonds is 3. The van der Waals surface area contributed by atoms with E-state index in [-0.39, 0.29) is 5.91 Å². The highest BCUT2D eigenvalue weighted by Crippen LogP contribution is 2.11. The lowest BCUT2D eigenvalue weighted by Gasteiger charge is -2.15. The molecule has 0 aliphatic rings. The van der Waals surface area contributed by atoms with E-state index < -0.39 is 0 Å². The van der Waals surface area contributed by atoms with Crippen LogP contribution in [0, 0.1) is 0 Å². The molecule has 0 saturated carbocycles. The fourth-order valence-corrected chi connectivity index (χ4v) is 1.25. The minimum absolute atomic E-state index is 0.0718. The Balaban J connectivity index is 2.84. The third kappa shape index (κ3) is 1.86. The molecule has 0 aliphatic carbocycles. The Morgan fingerprint density at radius 2 is 2.36 bits per heavy atom. The molecule has 1 aromatic rings. The lowest BCUT2D eigenvalue weighted by molar-refractivity contribution is 0.0796. The van der Waals surface area contributed by atoms with Crippen LogP contribution in [0.15, 0.2) is 6.20 Å². The van der Waals surface area contributed by atoms with E-state index in [1.165, 1.54) is 10.9 Å². The van der Waals surface area contributed by atoms with Gasteiger partial charge < -0.3 is 10.6 Å². The van der Waals surface area contributed by atoms with Crippen molar-refractivity contribution in [3.63, 3.8) is 0 Å². The molecule has 0 spiro atoms. The van der Waals surface area contributed by atoms with Gasteiger partial charge in [-0.2, -0.15) is 5.10 Å². The highest BCUT2D eigenvalue weighted by atomic mass is 16.2. The zero-order valence-electron chi connectivity index (χ0n) is 8.82. The average molecular weight is 196 g/mol. The first kappa shape index (κ1) is 10.6. The number of carbonyl (C=O) groups excluding carboxylic acids is 1. The van der Waals surface area contributed by atoms with Crippen LogP contribution in [0.5, 0.6) is 0 Å². The van der Waals surface area contributed by atoms with Gasteiger partial charge in [-0.25, -0.2) is 0 Å². The van der Waals surface area contributed by atoms with Crippen LogP contribution >= 0.6 is 0 Å². The molecule has 0 atom stereocenters. The van der Waals surface area contributed by atoms with Gasteiger partial charge in [0.05, 0.1) is 6.20 Å². The van der Waals surface area contributed by atoms with Crippen LogP contribution in [0.25, 0.3) is 0 Å². The van der Waals surface area contributed by atoms with Gasteiger partial charge in [0.1, 0.15) is 11.4 Å². The number of anilines is 1. The van der Waals surface area contributed by atoms with Gasteiger partial charge in [0.2, 0.25) is 0 Å². The van der Waals surface area contributed by atoms with Crippen molar-refractivity contribution < 1.29 is 4.79 Å². The van der Waals surface area contributed by atoms with Crippen molar-refractivity contribution in [3.05, 3.63) is 11.8 Å². The summed E-state index contributed by atoms with van der Waals surface area (Å²) >= 11 is 0. The van der Waals surface area contributed by atoms with Gasteiger partial charge in [0, 0.05) is 20.6 Å². The largest absolute Gasteiger partial charge is 0.383 e. The number of carbonyl (C=O) groups is 1. The fraction of sp³-hybridized carbons (Fsp3) is 0.556. The van der Waals surface area contributed by atoms with Crippen LogP contribution < -0.4 is 5.73 Å². The van der Waals surface area contributed by atoms with E-state index in [2.05, 4.69) is 5.10 Å². The molecule has 1 heterocycles. The van der Waals surface area contributed by atoms with Gasteiger partial charge in [0.25, 0.3) is 5.91 Å². The molecular weight excluding hydrogens is 180 g/mol. The summed E-state index contributed by atoms with van der Waals surface area (Å²) < 4.78 is 1.49. The van der Waals surface area contributed by atoms with E-state index in [0.717, 1.165) is 13.0 Å². The summed E-state index contributed by atoms with van der Waals surface area (Å²) in [5.41, 5.74) is 6.17. The first-order valence-electron chi connectivity index (χ1n) is 4.60. The van der Waals surface area contributed by atoms with Gasteiger partial charge in [-0.15, -0.1) is 0 Å². The highest BCUT2D eigenvalue weighted by molar-refractivity contribution is 5.98. The van der Waals surface area contributed by atoms with Crippen molar-refractivity contribution in [3.8, 4) is 0 Å². The Morgan fingerprint density at radius 1 is 1.71 bits per heavy atom. The number of aromatic nitrogens is 2. The third-order valence-electron chi connectivity index (χ3n) is 2.12. The molecule has 14 heavy (non-hydrogen) atoms. The van der Waals surface area contributed by atoms with Gasteiger partial charge in [-0.05, 0) is 6.42 Å². The lowest BCUT2D eigenvalue weighted by atomic mass is 10.3. The van der Waals surface area contributed by atoms with Crippen LogP contribution in [-0.2, 0) is 7.05 Å². The molecule has 0 radical (unpaired) electrons. The first-order chi connectivity index (χ1) is 6.57. The quantitative estimate of drug-likeness (QED) is 0.765. The van der Waals surface area contributed by atoms with E-state index in [0.29, 0.717) is 11.4 Å². The zero-order valence-corrected chi connectivity index (χ0v) is 8.82. The summed E-state index contributed by atoms with van der Waals surface area (Å²) in [6, 6.07) is 0. The van der Waals surface area contributed by atoms with Crippen LogP contribution in [0.1, 0.15) is 23.7 Å². The number of nitrogens with two attached hydrogens (primary N) is 1. The number of hydrogen-bond donors (Lipinski definition) is 1. The molecule has 5 heteroatoms. The van der Waals surface area contributed by atoms with Gasteiger partial charge in [0.15, 0.2) is 0 Å². The normalized spacial score (nSPS) is 10.2. The van der Waals surface area contributed by atoms with Crippen molar-refractivity contribution in [2.75, 3.05) is 19.3 Å². The summed E-state index contributed by atoms with van der Waals surface area (Å²) in [5, 5.41) is 3.92. The second kappa shape index (κ2) is 4.13. The molecular formula is C9H16N4O. The van der Waals surface area contributed by atoms with Crippen molar-refractivity contribution >= 4 is 11.7 Å². The Kier molecular flexibility index (Phi) is 3.11. The average Bonchev–Trinajstić information content (AvgIpc) is 2.47. The minimum Gasteiger partial charge on any atom is -0.383 e. The molecule has 2 N–H and O–H groups in total. The predicted molar refractivity (Wildman–Crippen MR) is 54.9 cm³/mol. The molecule has 1 amide bonds. The zero-order chi connectivity index (χ0) is 10.7. The fourth-order valence-electron chi connectivity index (χ4n) is 1.25. The van der Waals surface area contributed by atoms with E-state index in [1.54, 1.807) is 19.0 Å². The van der Waals surface area contributed by atoms with E-state index in [4.69, 9.17) is 5.73 Å². The molecule has 0 fully saturated rings. The van der Waals surface area contributed by atoms with E-state index in [9.17, 15) is 4.79 Å². The molecule has 1 rings (SSSR count). The predicted octanol–water partition coefficient (Wildman–Crippen LogP) is 0.484. The maximum atomic E-state index is 11.8. The summed E-state index contributed by atoms with van der Waals surface area (Å²) in [7, 11) is 3.48. The molecule has 0 saturated heterocycles. The Hall–Kier alpha value is -1.52. The van der Waals surface area contributed by atoms with Crippen molar-refractivity contribution in [2.45, 2.75) is 13.3 Å². The van der Waals surface area contributed by atoms with Gasteiger partial charge >= 0.3 is 0 Å². The Labute approximate surface area is 83.5 Å². The first-order valence-corrected chi connectivity index (χ1v) is 4.60. The molecule has 0 bridgehead atoms. The summed E-state index contributed by atoms with van der Waals surface area (Å²) in [6.45, 7) is 2.75. The van der Waals surface area contributed by atoms with E-state index in [1.807, 2.05) is 6.92 Å². The van der Waals surface area contributed by atoms with Crippen LogP contribution in [0.2, 0.25) is 0 Å². The lowest BCUT2D eigenvalue weighted by Crippen LogP contribution is -2.27. The number of amides is 1. The molecule has 0 aliphatic heterocycles. The molecule has 0 unspecified atom stereocenters. The second-order valence-corrected chi connectivity index (χ2v) is 3.29. The minimum atomic E-state index is -0.0718. The summed E-state index contributed by atoms with van der Waals surface area (Å²) in [6.07, 6.45) is 2.44. The van der Waals surface area contributed by atoms with Gasteiger partial charge in [-0.3, -0.25) is 9.48 Å². The summed E-state index contributed by atoms with van der Waals surface area (Å²) in [5.74, 6) is 0.343. The number of nitrogen functional groups attached to an aromatic ring is 1. The topological polar surface area (TPSA) is 64.2 Å². The van der Waals surface area contributed by atoms with Crippen molar-refractivity contribution in [1.82, 2.24) is 14.7 Å². The van der Waals surface area contributed by atoms with Crippen LogP contribution in [0.4, 0.5) is 5.82 Å². The summed E-state index contributed by atoms with van der Waals surface area (Å²) in [4.78, 5) is 13.4. The molecule has 5 nitrogen and oxygen atoms in total. The second-order valence-electron chi connectivity index (χ2n) is 3.29. The number of aryl methyl sites for hydroxylation is 1. The SMILES string of the molecule is CCCN(C)C(=O)c1cnn(C)c1N. The molecule has 0 aromatic carbocycles. The Morgan fingerprint density at radius 3 is 2.79 bits per heavy atom. The van der Waals surface area contributed by atoms with Crippen molar-refractivity contribution in [1.29, 1.82) is 0 Å². The number of hydrogen-bond acceptors (Lipinski definition) is 3. The Bertz CT molecular complexity index is 332. The molecule has 78 valence electrons. The van der Waals surface area contributed by atoms with Crippen LogP contribution in [-0.4, -0.2) is 34.2 Å². The van der Waals surface area contributed by atoms with Gasteiger partial charge in [-0.1, -0.05) is 6.92 Å². The van der Waals surface area contributed by atoms with Crippen LogP contribution in [0.3, 0.4) is 0 Å². The van der Waals surface area contributed by atoms with E-state index >= 15 is 0 Å². The third-order valence-corrected chi connectivity index (χ3v) is 2.12. The number of nitrogens with zero attached hydrogens (tertiary/aromatic N) is 3. The monoisotopic (exact) mass is 196 g/mol. The highest BCUT2D eigenvalue weighted by Gasteiger charge is 2.16. The smallest absolute Gasteiger partial charge is 0.258 e. The maximum Gasteiger partial charge on any atom is 0.258 e. The standard InChI is InChI=1S/C9H16N4O/c1-4-5-12(2)9(14)7-6-11-13(3)8(7)10/h6H,4-5,10H2,1-3H3.